The molecule has 0 fully saturated rings. The zero-order valence-electron chi connectivity index (χ0n) is 28.4. The fraction of sp³-hybridized carbons (Fsp3) is 0.325. The molecule has 0 radical (unpaired) electrons. The van der Waals surface area contributed by atoms with Crippen LogP contribution >= 0.6 is 0 Å². The molecule has 4 aromatic carbocycles. The van der Waals surface area contributed by atoms with E-state index in [2.05, 4.69) is 26.1 Å². The highest BCUT2D eigenvalue weighted by atomic mass is 16.6. The number of amides is 2. The third-order valence-corrected chi connectivity index (χ3v) is 8.31. The van der Waals surface area contributed by atoms with E-state index in [0.717, 1.165) is 27.8 Å². The molecule has 5 rings (SSSR count). The van der Waals surface area contributed by atoms with Crippen LogP contribution in [0.5, 0.6) is 11.5 Å². The van der Waals surface area contributed by atoms with Crippen molar-refractivity contribution in [2.24, 2.45) is 0 Å². The number of nitrogens with one attached hydrogen (secondary N) is 1. The van der Waals surface area contributed by atoms with Crippen LogP contribution in [0.3, 0.4) is 0 Å². The first-order valence-corrected chi connectivity index (χ1v) is 16.2. The van der Waals surface area contributed by atoms with E-state index in [0.29, 0.717) is 11.5 Å². The van der Waals surface area contributed by atoms with Crippen LogP contribution < -0.4 is 10.1 Å². The molecule has 0 unspecified atom stereocenters. The minimum atomic E-state index is -1.19. The molecule has 0 bridgehead atoms. The summed E-state index contributed by atoms with van der Waals surface area (Å²) < 4.78 is 11.8. The number of rotatable bonds is 8. The van der Waals surface area contributed by atoms with Crippen molar-refractivity contribution in [1.29, 1.82) is 0 Å². The molecule has 0 saturated heterocycles. The van der Waals surface area contributed by atoms with Gasteiger partial charge >= 0.3 is 12.1 Å². The normalized spacial score (nSPS) is 15.2. The van der Waals surface area contributed by atoms with E-state index < -0.39 is 35.7 Å². The van der Waals surface area contributed by atoms with E-state index in [9.17, 15) is 19.5 Å². The Kier molecular flexibility index (Phi) is 9.94. The number of carbonyl (C=O) groups is 3. The highest BCUT2D eigenvalue weighted by Crippen LogP contribution is 2.32. The molecular weight excluding hydrogens is 604 g/mol. The van der Waals surface area contributed by atoms with Gasteiger partial charge in [-0.1, -0.05) is 93.6 Å². The summed E-state index contributed by atoms with van der Waals surface area (Å²) in [4.78, 5) is 41.0. The Labute approximate surface area is 282 Å². The minimum Gasteiger partial charge on any atom is -0.480 e. The van der Waals surface area contributed by atoms with Gasteiger partial charge in [0, 0.05) is 12.8 Å². The molecule has 0 saturated carbocycles. The lowest BCUT2D eigenvalue weighted by Gasteiger charge is -2.37. The fourth-order valence-corrected chi connectivity index (χ4v) is 5.70. The lowest BCUT2D eigenvalue weighted by atomic mass is 9.87. The van der Waals surface area contributed by atoms with Gasteiger partial charge in [0.25, 0.3) is 0 Å². The number of nitrogens with zero attached hydrogens (tertiary/aromatic N) is 1. The number of fused-ring (bicyclic) bond motifs is 1. The Morgan fingerprint density at radius 3 is 2.04 bits per heavy atom. The molecule has 2 atom stereocenters. The Balaban J connectivity index is 1.34. The van der Waals surface area contributed by atoms with Gasteiger partial charge in [-0.25, -0.2) is 9.59 Å². The van der Waals surface area contributed by atoms with Crippen molar-refractivity contribution in [3.8, 4) is 22.6 Å². The molecule has 0 aromatic heterocycles. The SMILES string of the molecule is CC(C)(C)OC(=O)N1Cc2cc(Oc3ccc(C(C)(C)C)cc3)ccc2C[C@H]1C(=O)N[C@@H](Cc1ccc(-c2ccccc2)cc1)C(=O)O. The van der Waals surface area contributed by atoms with Crippen LogP contribution in [-0.2, 0) is 39.1 Å². The van der Waals surface area contributed by atoms with E-state index in [1.165, 1.54) is 10.5 Å². The largest absolute Gasteiger partial charge is 0.480 e. The second kappa shape index (κ2) is 13.9. The molecule has 8 heteroatoms. The number of carboxylic acid groups (broad SMARTS) is 1. The predicted molar refractivity (Wildman–Crippen MR) is 186 cm³/mol. The van der Waals surface area contributed by atoms with E-state index in [4.69, 9.17) is 9.47 Å². The standard InChI is InChI=1S/C40H44N2O6/c1-39(2,3)31-17-20-32(21-18-31)47-33-19-16-29-24-35(42(25-30(29)23-33)38(46)48-40(4,5)6)36(43)41-34(37(44)45)22-26-12-14-28(15-13-26)27-10-8-7-9-11-27/h7-21,23,34-35H,22,24-25H2,1-6H3,(H,41,43)(H,44,45)/t34-,35-/m0/s1. The third kappa shape index (κ3) is 8.62. The maximum absolute atomic E-state index is 13.8. The Bertz CT molecular complexity index is 1750. The second-order valence-electron chi connectivity index (χ2n) is 14.3. The zero-order valence-corrected chi connectivity index (χ0v) is 28.4. The van der Waals surface area contributed by atoms with Gasteiger partial charge in [-0.05, 0) is 83.8 Å². The summed E-state index contributed by atoms with van der Waals surface area (Å²) in [6, 6.07) is 28.9. The molecule has 2 N–H and O–H groups in total. The second-order valence-corrected chi connectivity index (χ2v) is 14.3. The summed E-state index contributed by atoms with van der Waals surface area (Å²) in [6.45, 7) is 11.9. The fourth-order valence-electron chi connectivity index (χ4n) is 5.70. The van der Waals surface area contributed by atoms with Gasteiger partial charge < -0.3 is 19.9 Å². The van der Waals surface area contributed by atoms with Crippen molar-refractivity contribution in [3.05, 3.63) is 119 Å². The van der Waals surface area contributed by atoms with Gasteiger partial charge in [0.1, 0.15) is 29.2 Å². The third-order valence-electron chi connectivity index (χ3n) is 8.31. The summed E-state index contributed by atoms with van der Waals surface area (Å²) in [7, 11) is 0. The van der Waals surface area contributed by atoms with Gasteiger partial charge in [-0.15, -0.1) is 0 Å². The number of hydrogen-bond acceptors (Lipinski definition) is 5. The minimum absolute atomic E-state index is 0.0247. The first-order valence-electron chi connectivity index (χ1n) is 16.2. The van der Waals surface area contributed by atoms with E-state index >= 15 is 0 Å². The van der Waals surface area contributed by atoms with Gasteiger partial charge in [0.2, 0.25) is 5.91 Å². The first-order chi connectivity index (χ1) is 22.7. The van der Waals surface area contributed by atoms with E-state index in [1.807, 2.05) is 97.1 Å². The Morgan fingerprint density at radius 2 is 1.44 bits per heavy atom. The molecule has 2 amide bonds. The summed E-state index contributed by atoms with van der Waals surface area (Å²) in [5, 5.41) is 12.8. The highest BCUT2D eigenvalue weighted by molar-refractivity contribution is 5.90. The smallest absolute Gasteiger partial charge is 0.411 e. The number of carboxylic acids is 1. The lowest BCUT2D eigenvalue weighted by molar-refractivity contribution is -0.142. The van der Waals surface area contributed by atoms with Gasteiger partial charge in [-0.2, -0.15) is 0 Å². The molecule has 1 heterocycles. The average molecular weight is 649 g/mol. The van der Waals surface area contributed by atoms with Crippen LogP contribution in [0.4, 0.5) is 4.79 Å². The topological polar surface area (TPSA) is 105 Å². The summed E-state index contributed by atoms with van der Waals surface area (Å²) in [6.07, 6.45) is -0.372. The maximum Gasteiger partial charge on any atom is 0.411 e. The Hall–Kier alpha value is -5.11. The van der Waals surface area contributed by atoms with Crippen molar-refractivity contribution in [2.75, 3.05) is 0 Å². The molecule has 48 heavy (non-hydrogen) atoms. The Morgan fingerprint density at radius 1 is 0.812 bits per heavy atom. The van der Waals surface area contributed by atoms with E-state index in [1.54, 1.807) is 20.8 Å². The number of benzene rings is 4. The predicted octanol–water partition coefficient (Wildman–Crippen LogP) is 7.92. The van der Waals surface area contributed by atoms with Crippen LogP contribution in [0.25, 0.3) is 11.1 Å². The molecule has 0 spiro atoms. The number of ether oxygens (including phenoxy) is 2. The van der Waals surface area contributed by atoms with Crippen LogP contribution in [0.15, 0.2) is 97.1 Å². The molecule has 0 aliphatic carbocycles. The van der Waals surface area contributed by atoms with Gasteiger partial charge in [-0.3, -0.25) is 9.69 Å². The quantitative estimate of drug-likeness (QED) is 0.201. The first kappa shape index (κ1) is 34.2. The lowest BCUT2D eigenvalue weighted by Crippen LogP contribution is -2.56. The summed E-state index contributed by atoms with van der Waals surface area (Å²) in [5.74, 6) is -0.421. The summed E-state index contributed by atoms with van der Waals surface area (Å²) in [5.41, 5.74) is 4.95. The number of carbonyl (C=O) groups excluding carboxylic acids is 2. The molecular formula is C40H44N2O6. The van der Waals surface area contributed by atoms with Crippen molar-refractivity contribution < 1.29 is 29.0 Å². The van der Waals surface area contributed by atoms with Crippen molar-refractivity contribution in [2.45, 2.75) is 84.0 Å². The van der Waals surface area contributed by atoms with Crippen molar-refractivity contribution in [1.82, 2.24) is 10.2 Å². The molecule has 8 nitrogen and oxygen atoms in total. The van der Waals surface area contributed by atoms with Gasteiger partial charge in [0.05, 0.1) is 6.54 Å². The molecule has 1 aliphatic rings. The number of aliphatic carboxylic acids is 1. The van der Waals surface area contributed by atoms with Crippen LogP contribution in [0.1, 0.15) is 63.8 Å². The van der Waals surface area contributed by atoms with Crippen molar-refractivity contribution >= 4 is 18.0 Å². The van der Waals surface area contributed by atoms with Crippen LogP contribution in [0.2, 0.25) is 0 Å². The van der Waals surface area contributed by atoms with Crippen molar-refractivity contribution in [3.63, 3.8) is 0 Å². The van der Waals surface area contributed by atoms with E-state index in [-0.39, 0.29) is 24.8 Å². The number of hydrogen-bond donors (Lipinski definition) is 2. The molecule has 4 aromatic rings. The van der Waals surface area contributed by atoms with Crippen LogP contribution in [-0.4, -0.2) is 45.7 Å². The van der Waals surface area contributed by atoms with Gasteiger partial charge in [0.15, 0.2) is 0 Å². The maximum atomic E-state index is 13.8. The highest BCUT2D eigenvalue weighted by Gasteiger charge is 2.38. The summed E-state index contributed by atoms with van der Waals surface area (Å²) >= 11 is 0. The average Bonchev–Trinajstić information content (AvgIpc) is 3.03. The monoisotopic (exact) mass is 648 g/mol. The zero-order chi connectivity index (χ0) is 34.6. The molecule has 250 valence electrons. The van der Waals surface area contributed by atoms with Crippen LogP contribution in [0, 0.1) is 0 Å². The molecule has 1 aliphatic heterocycles.